The SMILES string of the molecule is CN1CCC(CCNC(=O)C2C(C(=O)O)C2(C)C)CC1. The van der Waals surface area contributed by atoms with E-state index in [1.54, 1.807) is 0 Å². The Labute approximate surface area is 120 Å². The maximum absolute atomic E-state index is 12.0. The van der Waals surface area contributed by atoms with Crippen molar-refractivity contribution in [3.05, 3.63) is 0 Å². The average Bonchev–Trinajstić information content (AvgIpc) is 2.95. The lowest BCUT2D eigenvalue weighted by Gasteiger charge is -2.28. The summed E-state index contributed by atoms with van der Waals surface area (Å²) in [6, 6.07) is 0. The molecule has 0 bridgehead atoms. The Morgan fingerprint density at radius 2 is 1.85 bits per heavy atom. The minimum Gasteiger partial charge on any atom is -0.481 e. The zero-order chi connectivity index (χ0) is 14.9. The molecular weight excluding hydrogens is 256 g/mol. The van der Waals surface area contributed by atoms with E-state index < -0.39 is 17.3 Å². The highest BCUT2D eigenvalue weighted by Crippen LogP contribution is 2.58. The number of carbonyl (C=O) groups excluding carboxylic acids is 1. The minimum atomic E-state index is -0.856. The highest BCUT2D eigenvalue weighted by Gasteiger charge is 2.65. The van der Waals surface area contributed by atoms with Crippen LogP contribution >= 0.6 is 0 Å². The van der Waals surface area contributed by atoms with Crippen LogP contribution in [0.4, 0.5) is 0 Å². The molecule has 2 fully saturated rings. The third-order valence-corrected chi connectivity index (χ3v) is 5.07. The van der Waals surface area contributed by atoms with E-state index in [0.29, 0.717) is 12.5 Å². The van der Waals surface area contributed by atoms with E-state index in [2.05, 4.69) is 17.3 Å². The van der Waals surface area contributed by atoms with Gasteiger partial charge in [0.15, 0.2) is 0 Å². The third-order valence-electron chi connectivity index (χ3n) is 5.07. The Hall–Kier alpha value is -1.10. The highest BCUT2D eigenvalue weighted by molar-refractivity contribution is 5.91. The van der Waals surface area contributed by atoms with Crippen molar-refractivity contribution in [2.45, 2.75) is 33.1 Å². The Kier molecular flexibility index (Phi) is 4.37. The van der Waals surface area contributed by atoms with Crippen molar-refractivity contribution in [3.63, 3.8) is 0 Å². The van der Waals surface area contributed by atoms with Crippen molar-refractivity contribution in [2.24, 2.45) is 23.2 Å². The molecule has 1 saturated carbocycles. The van der Waals surface area contributed by atoms with Crippen LogP contribution in [0, 0.1) is 23.2 Å². The molecule has 5 heteroatoms. The van der Waals surface area contributed by atoms with Crippen LogP contribution in [-0.2, 0) is 9.59 Å². The molecule has 0 aromatic carbocycles. The van der Waals surface area contributed by atoms with E-state index in [0.717, 1.165) is 19.5 Å². The molecule has 114 valence electrons. The first-order valence-electron chi connectivity index (χ1n) is 7.53. The lowest BCUT2D eigenvalue weighted by Crippen LogP contribution is -2.33. The molecule has 1 amide bonds. The van der Waals surface area contributed by atoms with Crippen LogP contribution in [0.5, 0.6) is 0 Å². The van der Waals surface area contributed by atoms with Crippen molar-refractivity contribution in [2.75, 3.05) is 26.7 Å². The number of carboxylic acid groups (broad SMARTS) is 1. The third kappa shape index (κ3) is 3.14. The van der Waals surface area contributed by atoms with Crippen molar-refractivity contribution in [1.29, 1.82) is 0 Å². The molecule has 0 aromatic rings. The van der Waals surface area contributed by atoms with Gasteiger partial charge in [0.1, 0.15) is 0 Å². The van der Waals surface area contributed by atoms with Gasteiger partial charge in [-0.05, 0) is 50.7 Å². The van der Waals surface area contributed by atoms with Gasteiger partial charge < -0.3 is 15.3 Å². The number of rotatable bonds is 5. The molecule has 1 heterocycles. The quantitative estimate of drug-likeness (QED) is 0.795. The van der Waals surface area contributed by atoms with Crippen molar-refractivity contribution >= 4 is 11.9 Å². The Morgan fingerprint density at radius 1 is 1.25 bits per heavy atom. The maximum atomic E-state index is 12.0. The van der Waals surface area contributed by atoms with Gasteiger partial charge in [0.2, 0.25) is 5.91 Å². The van der Waals surface area contributed by atoms with E-state index in [1.165, 1.54) is 12.8 Å². The molecule has 0 aromatic heterocycles. The van der Waals surface area contributed by atoms with E-state index in [4.69, 9.17) is 5.11 Å². The van der Waals surface area contributed by atoms with Crippen LogP contribution in [0.25, 0.3) is 0 Å². The largest absolute Gasteiger partial charge is 0.481 e. The fourth-order valence-corrected chi connectivity index (χ4v) is 3.45. The molecule has 5 nitrogen and oxygen atoms in total. The molecule has 2 rings (SSSR count). The zero-order valence-corrected chi connectivity index (χ0v) is 12.7. The Morgan fingerprint density at radius 3 is 2.35 bits per heavy atom. The Balaban J connectivity index is 1.70. The van der Waals surface area contributed by atoms with Crippen LogP contribution < -0.4 is 5.32 Å². The Bertz CT molecular complexity index is 387. The molecule has 1 aliphatic heterocycles. The van der Waals surface area contributed by atoms with Crippen LogP contribution in [0.1, 0.15) is 33.1 Å². The first kappa shape index (κ1) is 15.3. The number of amides is 1. The van der Waals surface area contributed by atoms with Crippen molar-refractivity contribution < 1.29 is 14.7 Å². The fraction of sp³-hybridized carbons (Fsp3) is 0.867. The van der Waals surface area contributed by atoms with Gasteiger partial charge in [0.05, 0.1) is 11.8 Å². The summed E-state index contributed by atoms with van der Waals surface area (Å²) in [5.41, 5.74) is -0.399. The van der Waals surface area contributed by atoms with Crippen LogP contribution in [0.3, 0.4) is 0 Å². The van der Waals surface area contributed by atoms with E-state index in [9.17, 15) is 9.59 Å². The number of hydrogen-bond acceptors (Lipinski definition) is 3. The summed E-state index contributed by atoms with van der Waals surface area (Å²) in [7, 11) is 2.14. The van der Waals surface area contributed by atoms with Gasteiger partial charge in [-0.1, -0.05) is 13.8 Å². The summed E-state index contributed by atoms with van der Waals surface area (Å²) >= 11 is 0. The second-order valence-corrected chi connectivity index (χ2v) is 6.94. The molecule has 0 spiro atoms. The normalized spacial score (nSPS) is 29.9. The number of carbonyl (C=O) groups is 2. The number of piperidine rings is 1. The summed E-state index contributed by atoms with van der Waals surface area (Å²) in [5.74, 6) is -1.14. The molecule has 2 N–H and O–H groups in total. The zero-order valence-electron chi connectivity index (χ0n) is 12.7. The lowest BCUT2D eigenvalue weighted by atomic mass is 9.94. The van der Waals surface area contributed by atoms with Gasteiger partial charge in [-0.2, -0.15) is 0 Å². The molecule has 0 radical (unpaired) electrons. The standard InChI is InChI=1S/C15H26N2O3/c1-15(2)11(12(15)14(19)20)13(18)16-7-4-10-5-8-17(3)9-6-10/h10-12H,4-9H2,1-3H3,(H,16,18)(H,19,20). The van der Waals surface area contributed by atoms with Crippen LogP contribution in [0.15, 0.2) is 0 Å². The summed E-state index contributed by atoms with van der Waals surface area (Å²) in [6.45, 7) is 6.65. The molecular formula is C15H26N2O3. The average molecular weight is 282 g/mol. The predicted octanol–water partition coefficient (Wildman–Crippen LogP) is 1.19. The topological polar surface area (TPSA) is 69.6 Å². The number of carboxylic acids is 1. The molecule has 1 aliphatic carbocycles. The lowest BCUT2D eigenvalue weighted by molar-refractivity contribution is -0.140. The smallest absolute Gasteiger partial charge is 0.307 e. The number of aliphatic carboxylic acids is 1. The molecule has 2 unspecified atom stereocenters. The number of nitrogens with zero attached hydrogens (tertiary/aromatic N) is 1. The van der Waals surface area contributed by atoms with Gasteiger partial charge in [0.25, 0.3) is 0 Å². The van der Waals surface area contributed by atoms with Crippen LogP contribution in [0.2, 0.25) is 0 Å². The van der Waals surface area contributed by atoms with Gasteiger partial charge >= 0.3 is 5.97 Å². The van der Waals surface area contributed by atoms with Crippen molar-refractivity contribution in [3.8, 4) is 0 Å². The number of nitrogens with one attached hydrogen (secondary N) is 1. The molecule has 2 atom stereocenters. The monoisotopic (exact) mass is 282 g/mol. The molecule has 20 heavy (non-hydrogen) atoms. The summed E-state index contributed by atoms with van der Waals surface area (Å²) < 4.78 is 0. The number of likely N-dealkylation sites (tertiary alicyclic amines) is 1. The predicted molar refractivity (Wildman–Crippen MR) is 76.2 cm³/mol. The second-order valence-electron chi connectivity index (χ2n) is 6.94. The van der Waals surface area contributed by atoms with E-state index in [-0.39, 0.29) is 11.8 Å². The van der Waals surface area contributed by atoms with Crippen molar-refractivity contribution in [1.82, 2.24) is 10.2 Å². The van der Waals surface area contributed by atoms with Gasteiger partial charge in [0, 0.05) is 6.54 Å². The summed E-state index contributed by atoms with van der Waals surface area (Å²) in [4.78, 5) is 25.4. The minimum absolute atomic E-state index is 0.0877. The van der Waals surface area contributed by atoms with Gasteiger partial charge in [-0.3, -0.25) is 9.59 Å². The first-order chi connectivity index (χ1) is 9.34. The van der Waals surface area contributed by atoms with Crippen LogP contribution in [-0.4, -0.2) is 48.6 Å². The highest BCUT2D eigenvalue weighted by atomic mass is 16.4. The fourth-order valence-electron chi connectivity index (χ4n) is 3.45. The van der Waals surface area contributed by atoms with Gasteiger partial charge in [-0.25, -0.2) is 0 Å². The molecule has 1 saturated heterocycles. The van der Waals surface area contributed by atoms with E-state index >= 15 is 0 Å². The summed E-state index contributed by atoms with van der Waals surface area (Å²) in [6.07, 6.45) is 3.39. The number of hydrogen-bond donors (Lipinski definition) is 2. The first-order valence-corrected chi connectivity index (χ1v) is 7.53. The molecule has 2 aliphatic rings. The second kappa shape index (κ2) is 5.72. The van der Waals surface area contributed by atoms with Gasteiger partial charge in [-0.15, -0.1) is 0 Å². The summed E-state index contributed by atoms with van der Waals surface area (Å²) in [5, 5.41) is 12.0. The maximum Gasteiger partial charge on any atom is 0.307 e. The van der Waals surface area contributed by atoms with E-state index in [1.807, 2.05) is 13.8 Å².